The molecule has 4 aromatic rings. The summed E-state index contributed by atoms with van der Waals surface area (Å²) >= 11 is 0. The molecule has 2 N–H and O–H groups in total. The van der Waals surface area contributed by atoms with Crippen LogP contribution in [0.15, 0.2) is 78.0 Å². The van der Waals surface area contributed by atoms with Crippen LogP contribution in [0.1, 0.15) is 58.6 Å². The number of hydrogen-bond donors (Lipinski definition) is 2. The molecule has 0 saturated carbocycles. The van der Waals surface area contributed by atoms with E-state index in [2.05, 4.69) is 15.8 Å². The highest BCUT2D eigenvalue weighted by molar-refractivity contribution is 6.02. The van der Waals surface area contributed by atoms with Crippen molar-refractivity contribution < 1.29 is 42.8 Å². The van der Waals surface area contributed by atoms with Gasteiger partial charge < -0.3 is 48.6 Å². The Hall–Kier alpha value is -5.78. The van der Waals surface area contributed by atoms with Crippen molar-refractivity contribution in [2.45, 2.75) is 31.5 Å². The van der Waals surface area contributed by atoms with Crippen molar-refractivity contribution in [1.29, 1.82) is 0 Å². The van der Waals surface area contributed by atoms with Crippen molar-refractivity contribution in [3.8, 4) is 40.2 Å². The number of methoxy groups -OCH3 is 5. The molecule has 0 aliphatic carbocycles. The second-order valence-electron chi connectivity index (χ2n) is 11.5. The summed E-state index contributed by atoms with van der Waals surface area (Å²) in [6.45, 7) is 0.936. The summed E-state index contributed by atoms with van der Waals surface area (Å²) in [5.41, 5.74) is 4.65. The molecule has 0 aromatic heterocycles. The molecular formula is C38H41N3O9. The minimum atomic E-state index is -0.385. The molecule has 6 rings (SSSR count). The first-order valence-corrected chi connectivity index (χ1v) is 16.3. The number of nitrogens with one attached hydrogen (secondary N) is 2. The van der Waals surface area contributed by atoms with Crippen molar-refractivity contribution in [2.24, 2.45) is 5.16 Å². The molecule has 1 amide bonds. The molecule has 50 heavy (non-hydrogen) atoms. The van der Waals surface area contributed by atoms with E-state index in [1.165, 1.54) is 0 Å². The van der Waals surface area contributed by atoms with Crippen LogP contribution in [0.2, 0.25) is 0 Å². The number of carbonyl (C=O) groups is 1. The highest BCUT2D eigenvalue weighted by Gasteiger charge is 2.30. The van der Waals surface area contributed by atoms with Crippen LogP contribution >= 0.6 is 0 Å². The number of hydrogen-bond acceptors (Lipinski definition) is 11. The molecule has 4 aromatic carbocycles. The second kappa shape index (κ2) is 15.6. The van der Waals surface area contributed by atoms with Gasteiger partial charge in [0, 0.05) is 23.2 Å². The molecule has 12 heteroatoms. The summed E-state index contributed by atoms with van der Waals surface area (Å²) in [6.07, 6.45) is 1.27. The summed E-state index contributed by atoms with van der Waals surface area (Å²) in [5.74, 6) is 3.90. The van der Waals surface area contributed by atoms with E-state index in [0.717, 1.165) is 40.9 Å². The summed E-state index contributed by atoms with van der Waals surface area (Å²) in [7, 11) is 7.94. The van der Waals surface area contributed by atoms with Crippen LogP contribution in [0.3, 0.4) is 0 Å². The smallest absolute Gasteiger partial charge is 0.255 e. The average molecular weight is 684 g/mol. The molecule has 2 unspecified atom stereocenters. The monoisotopic (exact) mass is 683 g/mol. The Kier molecular flexibility index (Phi) is 10.7. The van der Waals surface area contributed by atoms with Gasteiger partial charge in [-0.2, -0.15) is 0 Å². The third-order valence-corrected chi connectivity index (χ3v) is 8.55. The number of anilines is 1. The Morgan fingerprint density at radius 3 is 2.10 bits per heavy atom. The lowest BCUT2D eigenvalue weighted by Gasteiger charge is -2.28. The van der Waals surface area contributed by atoms with Gasteiger partial charge in [0.05, 0.1) is 60.0 Å². The maximum Gasteiger partial charge on any atom is 0.255 e. The van der Waals surface area contributed by atoms with E-state index in [1.54, 1.807) is 41.6 Å². The van der Waals surface area contributed by atoms with Gasteiger partial charge in [0.25, 0.3) is 5.91 Å². The molecular weight excluding hydrogens is 642 g/mol. The third kappa shape index (κ3) is 7.14. The molecule has 0 radical (unpaired) electrons. The number of fused-ring (bicyclic) bond motifs is 1. The number of ether oxygens (including phenoxy) is 7. The summed E-state index contributed by atoms with van der Waals surface area (Å²) in [6, 6.07) is 22.5. The minimum Gasteiger partial charge on any atom is -0.493 e. The number of oxime groups is 1. The van der Waals surface area contributed by atoms with Crippen molar-refractivity contribution in [3.63, 3.8) is 0 Å². The first-order valence-electron chi connectivity index (χ1n) is 16.3. The Morgan fingerprint density at radius 1 is 0.700 bits per heavy atom. The van der Waals surface area contributed by atoms with Gasteiger partial charge in [-0.15, -0.1) is 0 Å². The number of amides is 1. The Balaban J connectivity index is 1.01. The number of rotatable bonds is 15. The molecule has 2 aliphatic heterocycles. The Labute approximate surface area is 291 Å². The summed E-state index contributed by atoms with van der Waals surface area (Å²) in [4.78, 5) is 18.5. The summed E-state index contributed by atoms with van der Waals surface area (Å²) in [5, 5.41) is 10.7. The van der Waals surface area contributed by atoms with E-state index >= 15 is 0 Å². The van der Waals surface area contributed by atoms with E-state index in [1.807, 2.05) is 66.7 Å². The fourth-order valence-corrected chi connectivity index (χ4v) is 6.01. The highest BCUT2D eigenvalue weighted by Crippen LogP contribution is 2.43. The minimum absolute atomic E-state index is 0.127. The Morgan fingerprint density at radius 2 is 1.40 bits per heavy atom. The molecule has 2 aliphatic rings. The van der Waals surface area contributed by atoms with Gasteiger partial charge in [-0.05, 0) is 60.9 Å². The predicted molar refractivity (Wildman–Crippen MR) is 188 cm³/mol. The van der Waals surface area contributed by atoms with E-state index in [0.29, 0.717) is 65.4 Å². The van der Waals surface area contributed by atoms with E-state index in [-0.39, 0.29) is 18.2 Å². The fourth-order valence-electron chi connectivity index (χ4n) is 6.01. The zero-order chi connectivity index (χ0) is 35.0. The van der Waals surface area contributed by atoms with Crippen LogP contribution < -0.4 is 43.8 Å². The normalized spacial score (nSPS) is 16.2. The lowest BCUT2D eigenvalue weighted by atomic mass is 9.98. The van der Waals surface area contributed by atoms with Crippen LogP contribution in [0.4, 0.5) is 5.69 Å². The van der Waals surface area contributed by atoms with Crippen molar-refractivity contribution in [1.82, 2.24) is 5.32 Å². The molecule has 0 saturated heterocycles. The molecule has 0 bridgehead atoms. The zero-order valence-electron chi connectivity index (χ0n) is 28.7. The largest absolute Gasteiger partial charge is 0.493 e. The maximum absolute atomic E-state index is 12.6. The van der Waals surface area contributed by atoms with Crippen LogP contribution in [0.5, 0.6) is 40.2 Å². The summed E-state index contributed by atoms with van der Waals surface area (Å²) < 4.78 is 40.1. The second-order valence-corrected chi connectivity index (χ2v) is 11.5. The molecule has 2 atom stereocenters. The topological polar surface area (TPSA) is 127 Å². The lowest BCUT2D eigenvalue weighted by Crippen LogP contribution is -2.38. The molecule has 0 spiro atoms. The SMILES string of the molecule is COc1cc(C2NC(=O)c3ccccc3N2)ccc1OCCCCOc1cccc(C2CC(c3cc(OC)c(OC)c(OC)c3)=NO2)c1OC. The maximum atomic E-state index is 12.6. The van der Waals surface area contributed by atoms with E-state index in [9.17, 15) is 4.79 Å². The first kappa shape index (κ1) is 34.1. The van der Waals surface area contributed by atoms with E-state index < -0.39 is 0 Å². The van der Waals surface area contributed by atoms with Gasteiger partial charge in [-0.25, -0.2) is 0 Å². The predicted octanol–water partition coefficient (Wildman–Crippen LogP) is 6.69. The van der Waals surface area contributed by atoms with Gasteiger partial charge in [0.2, 0.25) is 5.75 Å². The number of benzene rings is 4. The van der Waals surface area contributed by atoms with Crippen LogP contribution in [0.25, 0.3) is 0 Å². The van der Waals surface area contributed by atoms with Gasteiger partial charge in [0.15, 0.2) is 40.6 Å². The lowest BCUT2D eigenvalue weighted by molar-refractivity contribution is 0.0832. The van der Waals surface area contributed by atoms with Crippen molar-refractivity contribution >= 4 is 17.3 Å². The van der Waals surface area contributed by atoms with Gasteiger partial charge >= 0.3 is 0 Å². The van der Waals surface area contributed by atoms with Gasteiger partial charge in [-0.1, -0.05) is 35.5 Å². The quantitative estimate of drug-likeness (QED) is 0.131. The average Bonchev–Trinajstić information content (AvgIpc) is 3.65. The van der Waals surface area contributed by atoms with Crippen molar-refractivity contribution in [2.75, 3.05) is 54.1 Å². The number of para-hydroxylation sites is 2. The molecule has 12 nitrogen and oxygen atoms in total. The third-order valence-electron chi connectivity index (χ3n) is 8.55. The van der Waals surface area contributed by atoms with Crippen LogP contribution in [0, 0.1) is 0 Å². The number of unbranched alkanes of at least 4 members (excludes halogenated alkanes) is 1. The molecule has 0 fully saturated rings. The zero-order valence-corrected chi connectivity index (χ0v) is 28.7. The van der Waals surface area contributed by atoms with Crippen LogP contribution in [-0.4, -0.2) is 60.4 Å². The molecule has 262 valence electrons. The van der Waals surface area contributed by atoms with Crippen molar-refractivity contribution in [3.05, 3.63) is 95.1 Å². The van der Waals surface area contributed by atoms with E-state index in [4.69, 9.17) is 38.0 Å². The number of carbonyl (C=O) groups excluding carboxylic acids is 1. The Bertz CT molecular complexity index is 1840. The number of nitrogens with zero attached hydrogens (tertiary/aromatic N) is 1. The first-order chi connectivity index (χ1) is 24.5. The van der Waals surface area contributed by atoms with Gasteiger partial charge in [0.1, 0.15) is 6.17 Å². The fraction of sp³-hybridized carbons (Fsp3) is 0.316. The van der Waals surface area contributed by atoms with Gasteiger partial charge in [-0.3, -0.25) is 4.79 Å². The molecule has 2 heterocycles. The van der Waals surface area contributed by atoms with Crippen LogP contribution in [-0.2, 0) is 4.84 Å². The highest BCUT2D eigenvalue weighted by atomic mass is 16.6. The standard InChI is InChI=1S/C38H41N3O9/c1-43-32-19-23(37-39-27-13-7-6-11-25(27)38(42)40-37)15-16-29(32)48-17-8-9-18-49-30-14-10-12-26(35(30)46-4)31-22-28(41-50-31)24-20-33(44-2)36(47-5)34(21-24)45-3/h6-7,10-16,19-21,31,37,39H,8-9,17-18,22H2,1-5H3,(H,40,42).